The molecule has 0 fully saturated rings. The van der Waals surface area contributed by atoms with Crippen LogP contribution in [-0.2, 0) is 41.9 Å². The van der Waals surface area contributed by atoms with Gasteiger partial charge in [0.15, 0.2) is 16.6 Å². The van der Waals surface area contributed by atoms with Crippen LogP contribution in [0.5, 0.6) is 0 Å². The molecule has 9 rings (SSSR count). The predicted octanol–water partition coefficient (Wildman–Crippen LogP) is 15.3. The van der Waals surface area contributed by atoms with Gasteiger partial charge in [-0.15, -0.1) is 6.42 Å². The Bertz CT molecular complexity index is 3830. The van der Waals surface area contributed by atoms with E-state index in [1.807, 2.05) is 18.2 Å². The number of aromatic nitrogens is 8. The van der Waals surface area contributed by atoms with Crippen molar-refractivity contribution in [2.24, 2.45) is 0 Å². The second-order valence-corrected chi connectivity index (χ2v) is 36.3. The van der Waals surface area contributed by atoms with E-state index in [0.717, 1.165) is 71.6 Å². The summed E-state index contributed by atoms with van der Waals surface area (Å²) in [6, 6.07) is 25.4. The Morgan fingerprint density at radius 2 is 0.818 bits per heavy atom. The minimum absolute atomic E-state index is 0. The van der Waals surface area contributed by atoms with Gasteiger partial charge in [0.05, 0.1) is 36.5 Å². The summed E-state index contributed by atoms with van der Waals surface area (Å²) in [7, 11) is -4.34. The van der Waals surface area contributed by atoms with E-state index in [2.05, 4.69) is 202 Å². The Labute approximate surface area is 469 Å². The third-order valence-corrected chi connectivity index (χ3v) is 24.9. The first-order valence-corrected chi connectivity index (χ1v) is 32.3. The zero-order valence-electron chi connectivity index (χ0n) is 48.6. The fourth-order valence-electron chi connectivity index (χ4n) is 8.64. The van der Waals surface area contributed by atoms with Crippen LogP contribution in [0, 0.1) is 24.2 Å². The van der Waals surface area contributed by atoms with E-state index in [-0.39, 0.29) is 56.3 Å². The number of benzene rings is 4. The van der Waals surface area contributed by atoms with Crippen LogP contribution in [0.2, 0.25) is 36.3 Å². The van der Waals surface area contributed by atoms with E-state index in [4.69, 9.17) is 55.1 Å². The molecule has 3 aromatic heterocycles. The average Bonchev–Trinajstić information content (AvgIpc) is 4.08. The maximum absolute atomic E-state index is 6.81. The summed E-state index contributed by atoms with van der Waals surface area (Å²) in [6.45, 7) is 42.8. The van der Waals surface area contributed by atoms with Crippen molar-refractivity contribution in [3.8, 4) is 69.7 Å². The van der Waals surface area contributed by atoms with Gasteiger partial charge >= 0.3 is 16.8 Å². The third kappa shape index (κ3) is 11.3. The second-order valence-electron chi connectivity index (χ2n) is 26.7. The molecule has 2 aliphatic heterocycles. The van der Waals surface area contributed by atoms with Gasteiger partial charge in [0, 0.05) is 61.6 Å². The Morgan fingerprint density at radius 1 is 0.455 bits per heavy atom. The number of hydrogen-bond acceptors (Lipinski definition) is 8. The molecule has 5 heterocycles. The molecule has 7 aromatic rings. The molecule has 1 radical (unpaired) electrons. The summed E-state index contributed by atoms with van der Waals surface area (Å²) in [5.74, 6) is 11.9. The van der Waals surface area contributed by atoms with Crippen molar-refractivity contribution in [2.45, 2.75) is 156 Å². The second kappa shape index (κ2) is 20.0. The summed E-state index contributed by atoms with van der Waals surface area (Å²) in [5, 5.41) is 3.44. The van der Waals surface area contributed by atoms with E-state index >= 15 is 0 Å². The first kappa shape index (κ1) is 57.1. The molecule has 0 saturated carbocycles. The standard InChI is InChI=1S/C64H74N8O2Si2.Co/c1-21-39(36-73-75(17,18)63(11,12)13)40(37-74-76(19,20)64(14,15)16)24-22-38-23-28-44-48(32-38)56-66-52(44)67-57-49-33-41(60(2,3)4)25-29-45(49)53(68-57)65-54-46-30-26-42(61(5,6)7)34-50(46)58(69-54)70-55-47-31-27-43(62(8,9)10)35-51(47)59(71-55)72-56;/h1,23,25-35H,36-37H2,2-20H3;/q-2;+2/b40-39+;. The van der Waals surface area contributed by atoms with Gasteiger partial charge in [0.2, 0.25) is 0 Å². The minimum atomic E-state index is -2.19. The summed E-state index contributed by atoms with van der Waals surface area (Å²) >= 11 is 0. The van der Waals surface area contributed by atoms with Crippen LogP contribution in [-0.4, -0.2) is 59.8 Å². The molecular weight excluding hydrogens is 1030 g/mol. The summed E-state index contributed by atoms with van der Waals surface area (Å²) in [4.78, 5) is 42.2. The Morgan fingerprint density at radius 3 is 1.23 bits per heavy atom. The van der Waals surface area contributed by atoms with Crippen molar-refractivity contribution in [3.05, 3.63) is 106 Å². The van der Waals surface area contributed by atoms with Crippen LogP contribution < -0.4 is 9.97 Å². The van der Waals surface area contributed by atoms with Gasteiger partial charge < -0.3 is 38.8 Å². The van der Waals surface area contributed by atoms with Gasteiger partial charge in [-0.1, -0.05) is 164 Å². The molecule has 8 bridgehead atoms. The first-order chi connectivity index (χ1) is 35.2. The van der Waals surface area contributed by atoms with Gasteiger partial charge in [-0.25, -0.2) is 9.97 Å². The zero-order valence-corrected chi connectivity index (χ0v) is 51.7. The molecule has 2 aliphatic rings. The number of rotatable bonds is 6. The van der Waals surface area contributed by atoms with E-state index in [1.165, 1.54) is 0 Å². The van der Waals surface area contributed by atoms with E-state index < -0.39 is 16.6 Å². The van der Waals surface area contributed by atoms with Gasteiger partial charge in [-0.05, 0) is 121 Å². The SMILES string of the molecule is C#C/C(CO[Si](C)(C)C(C)(C)C)=C(/C#Cc1ccc2c(c1)-c1nc-2nc2[n-]c(nc3nc(nc4[n-]c(n1)c1cc(C(C)(C)C)ccc41)-c1cc(C(C)(C)C)ccc1-3)c1ccc(C(C)(C)C)cc21)CO[Si](C)(C)C(C)(C)C.[Co+2]. The monoisotopic (exact) mass is 1100 g/mol. The van der Waals surface area contributed by atoms with Crippen LogP contribution >= 0.6 is 0 Å². The molecule has 77 heavy (non-hydrogen) atoms. The first-order valence-electron chi connectivity index (χ1n) is 26.5. The maximum atomic E-state index is 6.81. The number of nitrogens with zero attached hydrogens (tertiary/aromatic N) is 8. The Hall–Kier alpha value is -6.04. The molecule has 0 amide bonds. The van der Waals surface area contributed by atoms with Gasteiger partial charge in [-0.2, -0.15) is 0 Å². The fourth-order valence-corrected chi connectivity index (χ4v) is 10.5. The molecule has 10 nitrogen and oxygen atoms in total. The molecule has 0 atom stereocenters. The maximum Gasteiger partial charge on any atom is 2.00 e. The largest absolute Gasteiger partial charge is 2.00 e. The minimum Gasteiger partial charge on any atom is -0.412 e. The number of terminal acetylenes is 1. The van der Waals surface area contributed by atoms with Crippen LogP contribution in [0.15, 0.2) is 83.9 Å². The molecule has 0 spiro atoms. The molecule has 0 N–H and O–H groups in total. The number of fused-ring (bicyclic) bond motifs is 20. The third-order valence-electron chi connectivity index (χ3n) is 16.0. The summed E-state index contributed by atoms with van der Waals surface area (Å²) in [6.07, 6.45) is 6.32. The predicted molar refractivity (Wildman–Crippen MR) is 319 cm³/mol. The van der Waals surface area contributed by atoms with Crippen molar-refractivity contribution in [3.63, 3.8) is 0 Å². The molecule has 0 saturated heterocycles. The van der Waals surface area contributed by atoms with Crippen LogP contribution in [0.4, 0.5) is 0 Å². The molecular formula is C64H74CoN8O2Si2. The topological polar surface area (TPSA) is 124 Å². The quantitative estimate of drug-likeness (QED) is 0.117. The average molecular weight is 1100 g/mol. The molecule has 4 aromatic carbocycles. The van der Waals surface area contributed by atoms with Crippen LogP contribution in [0.3, 0.4) is 0 Å². The Balaban J connectivity index is 0.00000784. The van der Waals surface area contributed by atoms with Crippen molar-refractivity contribution in [2.75, 3.05) is 13.2 Å². The van der Waals surface area contributed by atoms with E-state index in [0.29, 0.717) is 51.5 Å². The van der Waals surface area contributed by atoms with Gasteiger partial charge in [-0.3, -0.25) is 0 Å². The van der Waals surface area contributed by atoms with Crippen molar-refractivity contribution in [1.29, 1.82) is 0 Å². The van der Waals surface area contributed by atoms with Crippen molar-refractivity contribution >= 4 is 60.8 Å². The fraction of sp³-hybridized carbons (Fsp3) is 0.406. The summed E-state index contributed by atoms with van der Waals surface area (Å²) in [5.41, 5.74) is 10.6. The van der Waals surface area contributed by atoms with Crippen LogP contribution in [0.1, 0.15) is 126 Å². The molecule has 13 heteroatoms. The van der Waals surface area contributed by atoms with Gasteiger partial charge in [0.1, 0.15) is 0 Å². The number of hydrogen-bond donors (Lipinski definition) is 0. The van der Waals surface area contributed by atoms with E-state index in [1.54, 1.807) is 0 Å². The van der Waals surface area contributed by atoms with Gasteiger partial charge in [0.25, 0.3) is 0 Å². The molecule has 0 unspecified atom stereocenters. The van der Waals surface area contributed by atoms with E-state index in [9.17, 15) is 0 Å². The Kier molecular flexibility index (Phi) is 14.8. The normalized spacial score (nSPS) is 13.6. The zero-order chi connectivity index (χ0) is 55.3. The summed E-state index contributed by atoms with van der Waals surface area (Å²) < 4.78 is 13.5. The molecule has 399 valence electrons. The smallest absolute Gasteiger partial charge is 0.412 e. The van der Waals surface area contributed by atoms with Crippen LogP contribution in [0.25, 0.3) is 89.7 Å². The van der Waals surface area contributed by atoms with Crippen molar-refractivity contribution in [1.82, 2.24) is 39.9 Å². The molecule has 0 aliphatic carbocycles. The van der Waals surface area contributed by atoms with Crippen molar-refractivity contribution < 1.29 is 25.6 Å².